The monoisotopic (exact) mass is 393 g/mol. The molecule has 0 aromatic heterocycles. The van der Waals surface area contributed by atoms with E-state index in [2.05, 4.69) is 10.6 Å². The first-order chi connectivity index (χ1) is 12.8. The molecule has 0 radical (unpaired) electrons. The third-order valence-corrected chi connectivity index (χ3v) is 3.70. The van der Waals surface area contributed by atoms with E-state index in [4.69, 9.17) is 4.74 Å². The van der Waals surface area contributed by atoms with Gasteiger partial charge in [0.05, 0.1) is 0 Å². The number of ether oxygens (including phenoxy) is 1. The maximum atomic E-state index is 12.8. The summed E-state index contributed by atoms with van der Waals surface area (Å²) in [6.45, 7) is 10.3. The predicted octanol–water partition coefficient (Wildman–Crippen LogP) is 2.33. The minimum absolute atomic E-state index is 0.0133. The van der Waals surface area contributed by atoms with Crippen molar-refractivity contribution >= 4 is 17.9 Å². The molecule has 1 rings (SSSR count). The number of aromatic hydroxyl groups is 1. The van der Waals surface area contributed by atoms with Gasteiger partial charge in [-0.25, -0.2) is 4.79 Å². The zero-order valence-corrected chi connectivity index (χ0v) is 17.6. The highest BCUT2D eigenvalue weighted by Gasteiger charge is 2.32. The Morgan fingerprint density at radius 2 is 1.71 bits per heavy atom. The topological polar surface area (TPSA) is 108 Å². The summed E-state index contributed by atoms with van der Waals surface area (Å²) in [6, 6.07) is 4.15. The van der Waals surface area contributed by atoms with Gasteiger partial charge in [0.25, 0.3) is 0 Å². The van der Waals surface area contributed by atoms with E-state index in [1.165, 1.54) is 31.0 Å². The smallest absolute Gasteiger partial charge is 0.408 e. The van der Waals surface area contributed by atoms with Crippen LogP contribution in [0.2, 0.25) is 0 Å². The van der Waals surface area contributed by atoms with E-state index >= 15 is 0 Å². The first kappa shape index (κ1) is 23.3. The van der Waals surface area contributed by atoms with Gasteiger partial charge in [-0.1, -0.05) is 12.1 Å². The van der Waals surface area contributed by atoms with E-state index in [1.807, 2.05) is 13.8 Å². The van der Waals surface area contributed by atoms with Crippen molar-refractivity contribution in [3.8, 4) is 5.75 Å². The van der Waals surface area contributed by atoms with E-state index in [1.54, 1.807) is 32.9 Å². The Morgan fingerprint density at radius 1 is 1.11 bits per heavy atom. The SMILES string of the molecule is CC(C)NC(=O)C(c1cccc(O)c1)N(C)C(=O)C(C)NC(=O)OC(C)(C)C. The summed E-state index contributed by atoms with van der Waals surface area (Å²) in [5, 5.41) is 15.0. The summed E-state index contributed by atoms with van der Waals surface area (Å²) in [7, 11) is 1.48. The number of hydrogen-bond acceptors (Lipinski definition) is 5. The quantitative estimate of drug-likeness (QED) is 0.687. The Labute approximate surface area is 166 Å². The maximum Gasteiger partial charge on any atom is 0.408 e. The molecule has 1 aromatic rings. The molecule has 0 spiro atoms. The Hall–Kier alpha value is -2.77. The largest absolute Gasteiger partial charge is 0.508 e. The van der Waals surface area contributed by atoms with Crippen molar-refractivity contribution in [3.63, 3.8) is 0 Å². The predicted molar refractivity (Wildman–Crippen MR) is 106 cm³/mol. The molecule has 2 atom stereocenters. The van der Waals surface area contributed by atoms with Crippen molar-refractivity contribution in [1.82, 2.24) is 15.5 Å². The van der Waals surface area contributed by atoms with E-state index in [9.17, 15) is 19.5 Å². The number of phenolic OH excluding ortho intramolecular Hbond substituents is 1. The number of alkyl carbamates (subject to hydrolysis) is 1. The number of likely N-dealkylation sites (N-methyl/N-ethyl adjacent to an activating group) is 1. The summed E-state index contributed by atoms with van der Waals surface area (Å²) in [4.78, 5) is 38.8. The molecular weight excluding hydrogens is 362 g/mol. The maximum absolute atomic E-state index is 12.8. The molecule has 0 aliphatic heterocycles. The molecule has 8 heteroatoms. The van der Waals surface area contributed by atoms with Crippen molar-refractivity contribution in [1.29, 1.82) is 0 Å². The van der Waals surface area contributed by atoms with Gasteiger partial charge in [0.1, 0.15) is 23.4 Å². The lowest BCUT2D eigenvalue weighted by molar-refractivity contribution is -0.140. The van der Waals surface area contributed by atoms with Gasteiger partial charge in [-0.15, -0.1) is 0 Å². The number of amides is 3. The Kier molecular flexibility index (Phi) is 7.84. The van der Waals surface area contributed by atoms with E-state index in [0.29, 0.717) is 5.56 Å². The molecule has 0 saturated carbocycles. The second-order valence-electron chi connectivity index (χ2n) is 7.98. The molecule has 0 saturated heterocycles. The second-order valence-corrected chi connectivity index (χ2v) is 7.98. The molecule has 2 unspecified atom stereocenters. The molecule has 0 fully saturated rings. The fourth-order valence-corrected chi connectivity index (χ4v) is 2.59. The molecular formula is C20H31N3O5. The molecule has 3 amide bonds. The van der Waals surface area contributed by atoms with Crippen LogP contribution in [-0.2, 0) is 14.3 Å². The first-order valence-corrected chi connectivity index (χ1v) is 9.17. The number of nitrogens with zero attached hydrogens (tertiary/aromatic N) is 1. The van der Waals surface area contributed by atoms with Crippen LogP contribution in [0.1, 0.15) is 53.1 Å². The molecule has 0 heterocycles. The third-order valence-electron chi connectivity index (χ3n) is 3.70. The van der Waals surface area contributed by atoms with Crippen LogP contribution in [0.3, 0.4) is 0 Å². The van der Waals surface area contributed by atoms with Crippen LogP contribution in [0, 0.1) is 0 Å². The van der Waals surface area contributed by atoms with Crippen LogP contribution in [0.5, 0.6) is 5.75 Å². The number of carbonyl (C=O) groups is 3. The van der Waals surface area contributed by atoms with Crippen molar-refractivity contribution < 1.29 is 24.2 Å². The first-order valence-electron chi connectivity index (χ1n) is 9.17. The summed E-state index contributed by atoms with van der Waals surface area (Å²) < 4.78 is 5.17. The van der Waals surface area contributed by atoms with Gasteiger partial charge < -0.3 is 25.4 Å². The number of phenols is 1. The fraction of sp³-hybridized carbons (Fsp3) is 0.550. The molecule has 0 bridgehead atoms. The zero-order chi connectivity index (χ0) is 21.6. The zero-order valence-electron chi connectivity index (χ0n) is 17.6. The van der Waals surface area contributed by atoms with Crippen molar-refractivity contribution in [2.24, 2.45) is 0 Å². The van der Waals surface area contributed by atoms with E-state index in [0.717, 1.165) is 0 Å². The van der Waals surface area contributed by atoms with Crippen molar-refractivity contribution in [2.75, 3.05) is 7.05 Å². The normalized spacial score (nSPS) is 13.4. The Bertz CT molecular complexity index is 712. The summed E-state index contributed by atoms with van der Waals surface area (Å²) in [6.07, 6.45) is -0.720. The van der Waals surface area contributed by atoms with Crippen LogP contribution in [0.15, 0.2) is 24.3 Å². The minimum Gasteiger partial charge on any atom is -0.508 e. The average Bonchev–Trinajstić information content (AvgIpc) is 2.51. The standard InChI is InChI=1S/C20H31N3O5/c1-12(2)21-17(25)16(14-9-8-10-15(24)11-14)23(7)18(26)13(3)22-19(27)28-20(4,5)6/h8-13,16,24H,1-7H3,(H,21,25)(H,22,27). The Morgan fingerprint density at radius 3 is 2.21 bits per heavy atom. The molecule has 8 nitrogen and oxygen atoms in total. The number of benzene rings is 1. The number of hydrogen-bond donors (Lipinski definition) is 3. The van der Waals surface area contributed by atoms with Crippen molar-refractivity contribution in [2.45, 2.75) is 65.3 Å². The molecule has 0 aliphatic rings. The summed E-state index contributed by atoms with van der Waals surface area (Å²) >= 11 is 0. The van der Waals surface area contributed by atoms with Crippen LogP contribution in [0.25, 0.3) is 0 Å². The molecule has 156 valence electrons. The highest BCUT2D eigenvalue weighted by atomic mass is 16.6. The highest BCUT2D eigenvalue weighted by Crippen LogP contribution is 2.24. The lowest BCUT2D eigenvalue weighted by atomic mass is 10.0. The summed E-state index contributed by atoms with van der Waals surface area (Å²) in [5.41, 5.74) is -0.238. The van der Waals surface area contributed by atoms with E-state index < -0.39 is 29.7 Å². The molecule has 3 N–H and O–H groups in total. The van der Waals surface area contributed by atoms with Crippen LogP contribution < -0.4 is 10.6 Å². The third kappa shape index (κ3) is 7.09. The van der Waals surface area contributed by atoms with E-state index in [-0.39, 0.29) is 17.7 Å². The van der Waals surface area contributed by atoms with Gasteiger partial charge >= 0.3 is 6.09 Å². The molecule has 1 aromatic carbocycles. The van der Waals surface area contributed by atoms with Gasteiger partial charge in [-0.05, 0) is 59.2 Å². The number of carbonyl (C=O) groups excluding carboxylic acids is 3. The fourth-order valence-electron chi connectivity index (χ4n) is 2.59. The van der Waals surface area contributed by atoms with Crippen LogP contribution in [-0.4, -0.2) is 52.6 Å². The van der Waals surface area contributed by atoms with Crippen LogP contribution in [0.4, 0.5) is 4.79 Å². The lowest BCUT2D eigenvalue weighted by Gasteiger charge is -2.31. The van der Waals surface area contributed by atoms with Gasteiger partial charge in [0.2, 0.25) is 11.8 Å². The molecule has 28 heavy (non-hydrogen) atoms. The summed E-state index contributed by atoms with van der Waals surface area (Å²) in [5.74, 6) is -0.875. The number of rotatable bonds is 6. The Balaban J connectivity index is 3.04. The van der Waals surface area contributed by atoms with Gasteiger partial charge in [0.15, 0.2) is 0 Å². The minimum atomic E-state index is -0.968. The average molecular weight is 393 g/mol. The van der Waals surface area contributed by atoms with Gasteiger partial charge in [-0.3, -0.25) is 9.59 Å². The highest BCUT2D eigenvalue weighted by molar-refractivity contribution is 5.91. The molecule has 0 aliphatic carbocycles. The van der Waals surface area contributed by atoms with Crippen LogP contribution >= 0.6 is 0 Å². The number of nitrogens with one attached hydrogen (secondary N) is 2. The van der Waals surface area contributed by atoms with Crippen molar-refractivity contribution in [3.05, 3.63) is 29.8 Å². The van der Waals surface area contributed by atoms with Gasteiger partial charge in [0, 0.05) is 13.1 Å². The lowest BCUT2D eigenvalue weighted by Crippen LogP contribution is -2.51. The van der Waals surface area contributed by atoms with Gasteiger partial charge in [-0.2, -0.15) is 0 Å². The second kappa shape index (κ2) is 9.43.